The monoisotopic (exact) mass is 566 g/mol. The Bertz CT molecular complexity index is 1410. The smallest absolute Gasteiger partial charge is 0.255 e. The Hall–Kier alpha value is -3.85. The molecular weight excluding hydrogens is 528 g/mol. The lowest BCUT2D eigenvalue weighted by Crippen LogP contribution is -2.43. The molecule has 0 bridgehead atoms. The topological polar surface area (TPSA) is 91.3 Å². The number of hydrogen-bond acceptors (Lipinski definition) is 6. The third kappa shape index (κ3) is 7.31. The van der Waals surface area contributed by atoms with Crippen molar-refractivity contribution in [1.82, 2.24) is 4.90 Å². The van der Waals surface area contributed by atoms with Crippen LogP contribution in [0.1, 0.15) is 64.5 Å². The van der Waals surface area contributed by atoms with Crippen molar-refractivity contribution in [2.45, 2.75) is 50.6 Å². The number of likely N-dealkylation sites (N-methyl/N-ethyl adjacent to an activating group) is 1. The predicted octanol–water partition coefficient (Wildman–Crippen LogP) is 6.03. The van der Waals surface area contributed by atoms with Gasteiger partial charge in [-0.05, 0) is 54.9 Å². The lowest BCUT2D eigenvalue weighted by Gasteiger charge is -2.39. The highest BCUT2D eigenvalue weighted by Crippen LogP contribution is 2.38. The van der Waals surface area contributed by atoms with Gasteiger partial charge in [-0.2, -0.15) is 0 Å². The molecule has 42 heavy (non-hydrogen) atoms. The van der Waals surface area contributed by atoms with Crippen LogP contribution in [0.25, 0.3) is 0 Å². The van der Waals surface area contributed by atoms with Gasteiger partial charge in [-0.1, -0.05) is 84.9 Å². The van der Waals surface area contributed by atoms with Crippen molar-refractivity contribution in [3.8, 4) is 0 Å². The second kappa shape index (κ2) is 13.9. The Morgan fingerprint density at radius 1 is 0.881 bits per heavy atom. The largest absolute Gasteiger partial charge is 0.392 e. The van der Waals surface area contributed by atoms with E-state index in [9.17, 15) is 15.0 Å². The molecular formula is C35H38N2O5. The average Bonchev–Trinajstić information content (AvgIpc) is 3.05. The number of aliphatic hydroxyl groups excluding tert-OH is 2. The summed E-state index contributed by atoms with van der Waals surface area (Å²) in [6.45, 7) is 2.60. The van der Waals surface area contributed by atoms with Crippen LogP contribution in [0.3, 0.4) is 0 Å². The molecule has 1 aliphatic heterocycles. The highest BCUT2D eigenvalue weighted by Gasteiger charge is 2.34. The minimum Gasteiger partial charge on any atom is -0.392 e. The van der Waals surface area contributed by atoms with Gasteiger partial charge in [0.05, 0.1) is 24.9 Å². The lowest BCUT2D eigenvalue weighted by atomic mass is 9.98. The lowest BCUT2D eigenvalue weighted by molar-refractivity contribution is -0.253. The number of ether oxygens (including phenoxy) is 2. The molecule has 1 heterocycles. The molecule has 5 unspecified atom stereocenters. The molecule has 1 saturated heterocycles. The van der Waals surface area contributed by atoms with Gasteiger partial charge in [-0.25, -0.2) is 0 Å². The standard InChI is InChI=1S/C35H38N2O5/c1-24(33(39)27-9-5-3-6-10-27)37(2)22-31-21-32(26-15-13-25(23-38)14-16-26)42-35(41-31)29-17-19-30(20-18-29)36-34(40)28-11-7-4-8-12-28/h3-20,24,31-33,35,38-39H,21-23H2,1-2H3,(H,36,40). The summed E-state index contributed by atoms with van der Waals surface area (Å²) in [5.74, 6) is -0.171. The van der Waals surface area contributed by atoms with Gasteiger partial charge in [0.1, 0.15) is 0 Å². The summed E-state index contributed by atoms with van der Waals surface area (Å²) in [5.41, 5.74) is 4.85. The van der Waals surface area contributed by atoms with Crippen molar-refractivity contribution in [3.63, 3.8) is 0 Å². The molecule has 7 heteroatoms. The fraction of sp³-hybridized carbons (Fsp3) is 0.286. The second-order valence-corrected chi connectivity index (χ2v) is 10.8. The molecule has 7 nitrogen and oxygen atoms in total. The molecule has 0 radical (unpaired) electrons. The number of anilines is 1. The summed E-state index contributed by atoms with van der Waals surface area (Å²) in [4.78, 5) is 14.7. The van der Waals surface area contributed by atoms with Crippen molar-refractivity contribution in [1.29, 1.82) is 0 Å². The van der Waals surface area contributed by atoms with Gasteiger partial charge in [-0.15, -0.1) is 0 Å². The molecule has 0 saturated carbocycles. The van der Waals surface area contributed by atoms with Crippen molar-refractivity contribution in [2.75, 3.05) is 18.9 Å². The predicted molar refractivity (Wildman–Crippen MR) is 163 cm³/mol. The van der Waals surface area contributed by atoms with Crippen LogP contribution in [0.2, 0.25) is 0 Å². The van der Waals surface area contributed by atoms with Crippen LogP contribution in [-0.2, 0) is 16.1 Å². The molecule has 5 rings (SSSR count). The van der Waals surface area contributed by atoms with Gasteiger partial charge in [0, 0.05) is 35.8 Å². The maximum atomic E-state index is 12.6. The van der Waals surface area contributed by atoms with E-state index in [1.807, 2.05) is 111 Å². The third-order valence-corrected chi connectivity index (χ3v) is 7.88. The van der Waals surface area contributed by atoms with Crippen LogP contribution in [0.4, 0.5) is 5.69 Å². The molecule has 5 atom stereocenters. The van der Waals surface area contributed by atoms with E-state index in [-0.39, 0.29) is 30.8 Å². The highest BCUT2D eigenvalue weighted by atomic mass is 16.7. The number of aliphatic hydroxyl groups is 2. The first-order valence-corrected chi connectivity index (χ1v) is 14.3. The zero-order valence-electron chi connectivity index (χ0n) is 24.0. The second-order valence-electron chi connectivity index (χ2n) is 10.8. The fourth-order valence-corrected chi connectivity index (χ4v) is 5.21. The molecule has 218 valence electrons. The molecule has 0 aromatic heterocycles. The van der Waals surface area contributed by atoms with E-state index >= 15 is 0 Å². The first kappa shape index (κ1) is 29.6. The molecule has 4 aromatic carbocycles. The van der Waals surface area contributed by atoms with E-state index in [0.717, 1.165) is 22.3 Å². The zero-order chi connectivity index (χ0) is 29.5. The Balaban J connectivity index is 1.31. The zero-order valence-corrected chi connectivity index (χ0v) is 24.0. The summed E-state index contributed by atoms with van der Waals surface area (Å²) < 4.78 is 13.0. The van der Waals surface area contributed by atoms with E-state index in [1.165, 1.54) is 0 Å². The Morgan fingerprint density at radius 3 is 2.14 bits per heavy atom. The van der Waals surface area contributed by atoms with Crippen LogP contribution in [0.5, 0.6) is 0 Å². The normalized spacial score (nSPS) is 20.2. The van der Waals surface area contributed by atoms with Crippen molar-refractivity contribution < 1.29 is 24.5 Å². The van der Waals surface area contributed by atoms with Crippen LogP contribution < -0.4 is 5.32 Å². The van der Waals surface area contributed by atoms with Crippen LogP contribution in [0.15, 0.2) is 109 Å². The number of hydrogen-bond donors (Lipinski definition) is 3. The first-order chi connectivity index (χ1) is 20.4. The van der Waals surface area contributed by atoms with Gasteiger partial charge < -0.3 is 25.0 Å². The Morgan fingerprint density at radius 2 is 1.50 bits per heavy atom. The minimum absolute atomic E-state index is 0.0141. The van der Waals surface area contributed by atoms with Gasteiger partial charge in [0.25, 0.3) is 5.91 Å². The van der Waals surface area contributed by atoms with E-state index in [2.05, 4.69) is 10.2 Å². The van der Waals surface area contributed by atoms with Gasteiger partial charge >= 0.3 is 0 Å². The Kier molecular flexibility index (Phi) is 9.79. The third-order valence-electron chi connectivity index (χ3n) is 7.88. The number of carbonyl (C=O) groups excluding carboxylic acids is 1. The number of amides is 1. The fourth-order valence-electron chi connectivity index (χ4n) is 5.21. The summed E-state index contributed by atoms with van der Waals surface area (Å²) in [6.07, 6.45) is -1.00. The molecule has 4 aromatic rings. The maximum Gasteiger partial charge on any atom is 0.255 e. The number of rotatable bonds is 10. The SMILES string of the molecule is CC(C(O)c1ccccc1)N(C)CC1CC(c2ccc(CO)cc2)OC(c2ccc(NC(=O)c3ccccc3)cc2)O1. The summed E-state index contributed by atoms with van der Waals surface area (Å²) in [5, 5.41) is 23.4. The average molecular weight is 567 g/mol. The number of nitrogens with zero attached hydrogens (tertiary/aromatic N) is 1. The quantitative estimate of drug-likeness (QED) is 0.217. The minimum atomic E-state index is -0.632. The molecule has 3 N–H and O–H groups in total. The molecule has 1 aliphatic rings. The van der Waals surface area contributed by atoms with Crippen molar-refractivity contribution in [3.05, 3.63) is 137 Å². The highest BCUT2D eigenvalue weighted by molar-refractivity contribution is 6.04. The van der Waals surface area contributed by atoms with Crippen LogP contribution in [0, 0.1) is 0 Å². The van der Waals surface area contributed by atoms with Gasteiger partial charge in [0.15, 0.2) is 6.29 Å². The summed E-state index contributed by atoms with van der Waals surface area (Å²) in [7, 11) is 2.00. The van der Waals surface area contributed by atoms with Crippen molar-refractivity contribution >= 4 is 11.6 Å². The number of carbonyl (C=O) groups is 1. The first-order valence-electron chi connectivity index (χ1n) is 14.3. The van der Waals surface area contributed by atoms with E-state index in [4.69, 9.17) is 9.47 Å². The summed E-state index contributed by atoms with van der Waals surface area (Å²) in [6, 6.07) is 34.0. The summed E-state index contributed by atoms with van der Waals surface area (Å²) >= 11 is 0. The van der Waals surface area contributed by atoms with Gasteiger partial charge in [-0.3, -0.25) is 9.69 Å². The van der Waals surface area contributed by atoms with E-state index in [1.54, 1.807) is 12.1 Å². The molecule has 0 aliphatic carbocycles. The molecule has 0 spiro atoms. The van der Waals surface area contributed by atoms with Crippen molar-refractivity contribution in [2.24, 2.45) is 0 Å². The van der Waals surface area contributed by atoms with Crippen LogP contribution >= 0.6 is 0 Å². The Labute approximate surface area is 247 Å². The van der Waals surface area contributed by atoms with Crippen LogP contribution in [-0.4, -0.2) is 46.8 Å². The van der Waals surface area contributed by atoms with E-state index in [0.29, 0.717) is 24.2 Å². The van der Waals surface area contributed by atoms with E-state index < -0.39 is 12.4 Å². The number of nitrogens with one attached hydrogen (secondary N) is 1. The maximum absolute atomic E-state index is 12.6. The number of benzene rings is 4. The molecule has 1 fully saturated rings. The molecule has 1 amide bonds. The van der Waals surface area contributed by atoms with Gasteiger partial charge in [0.2, 0.25) is 0 Å².